The molecule has 2 rings (SSSR count). The van der Waals surface area contributed by atoms with E-state index >= 15 is 0 Å². The van der Waals surface area contributed by atoms with Crippen LogP contribution >= 0.6 is 0 Å². The van der Waals surface area contributed by atoms with Crippen LogP contribution in [0.5, 0.6) is 0 Å². The van der Waals surface area contributed by atoms with Crippen molar-refractivity contribution in [1.29, 1.82) is 0 Å². The summed E-state index contributed by atoms with van der Waals surface area (Å²) in [4.78, 5) is 0. The smallest absolute Gasteiger partial charge is 0.411 e. The van der Waals surface area contributed by atoms with Crippen molar-refractivity contribution < 1.29 is 9.31 Å². The van der Waals surface area contributed by atoms with E-state index in [0.717, 1.165) is 31.5 Å². The Morgan fingerprint density at radius 3 is 2.09 bits per heavy atom. The minimum absolute atomic E-state index is 0.119. The first-order valence-electron chi connectivity index (χ1n) is 4.54. The van der Waals surface area contributed by atoms with Crippen molar-refractivity contribution in [3.63, 3.8) is 0 Å². The highest BCUT2D eigenvalue weighted by atomic mass is 16.6. The highest BCUT2D eigenvalue weighted by Gasteiger charge is 2.53. The van der Waals surface area contributed by atoms with E-state index in [0.29, 0.717) is 5.82 Å². The minimum Gasteiger partial charge on any atom is -0.411 e. The number of hydrogen-bond acceptors (Lipinski definition) is 2. The van der Waals surface area contributed by atoms with Crippen LogP contribution in [-0.2, 0) is 9.31 Å². The Kier molecular flexibility index (Phi) is 1.94. The lowest BCUT2D eigenvalue weighted by Crippen LogP contribution is -2.30. The molecule has 0 N–H and O–H groups in total. The van der Waals surface area contributed by atoms with Gasteiger partial charge in [0, 0.05) is 13.2 Å². The van der Waals surface area contributed by atoms with Crippen LogP contribution in [0, 0.1) is 11.8 Å². The average molecular weight is 154 g/mol. The zero-order valence-electron chi connectivity index (χ0n) is 7.25. The molecule has 11 heavy (non-hydrogen) atoms. The van der Waals surface area contributed by atoms with Gasteiger partial charge in [-0.25, -0.2) is 0 Å². The second-order valence-corrected chi connectivity index (χ2v) is 3.76. The molecule has 62 valence electrons. The van der Waals surface area contributed by atoms with E-state index in [1.807, 2.05) is 0 Å². The summed E-state index contributed by atoms with van der Waals surface area (Å²) in [5, 5.41) is 0. The number of hydrogen-bond donors (Lipinski definition) is 0. The standard InChI is InChI=1S/C8H15BO2/c1-6-7(2)8(6)9-10-4-3-5-11-9/h6-8H,3-5H2,1-2H3. The lowest BCUT2D eigenvalue weighted by Gasteiger charge is -2.19. The van der Waals surface area contributed by atoms with Gasteiger partial charge in [-0.05, 0) is 24.1 Å². The Morgan fingerprint density at radius 2 is 1.64 bits per heavy atom. The van der Waals surface area contributed by atoms with E-state index in [2.05, 4.69) is 13.8 Å². The molecule has 1 saturated carbocycles. The zero-order valence-corrected chi connectivity index (χ0v) is 7.25. The summed E-state index contributed by atoms with van der Waals surface area (Å²) in [5.74, 6) is 2.28. The molecule has 2 fully saturated rings. The van der Waals surface area contributed by atoms with Crippen LogP contribution in [0.15, 0.2) is 0 Å². The van der Waals surface area contributed by atoms with Crippen LogP contribution in [-0.4, -0.2) is 20.3 Å². The monoisotopic (exact) mass is 154 g/mol. The molecule has 2 aliphatic rings. The van der Waals surface area contributed by atoms with Crippen molar-refractivity contribution in [3.8, 4) is 0 Å². The maximum atomic E-state index is 5.52. The van der Waals surface area contributed by atoms with Crippen LogP contribution < -0.4 is 0 Å². The summed E-state index contributed by atoms with van der Waals surface area (Å²) >= 11 is 0. The maximum absolute atomic E-state index is 5.52. The Labute approximate surface area is 68.4 Å². The van der Waals surface area contributed by atoms with Crippen LogP contribution in [0.2, 0.25) is 5.82 Å². The van der Waals surface area contributed by atoms with E-state index in [1.54, 1.807) is 0 Å². The van der Waals surface area contributed by atoms with Crippen molar-refractivity contribution in [2.75, 3.05) is 13.2 Å². The molecule has 2 atom stereocenters. The van der Waals surface area contributed by atoms with Gasteiger partial charge in [0.25, 0.3) is 0 Å². The van der Waals surface area contributed by atoms with E-state index in [1.165, 1.54) is 0 Å². The van der Waals surface area contributed by atoms with E-state index in [-0.39, 0.29) is 7.12 Å². The molecule has 2 nitrogen and oxygen atoms in total. The third-order valence-corrected chi connectivity index (χ3v) is 3.07. The lowest BCUT2D eigenvalue weighted by molar-refractivity contribution is 0.131. The van der Waals surface area contributed by atoms with Gasteiger partial charge in [-0.2, -0.15) is 0 Å². The van der Waals surface area contributed by atoms with Crippen LogP contribution in [0.1, 0.15) is 20.3 Å². The number of rotatable bonds is 1. The molecule has 1 heterocycles. The van der Waals surface area contributed by atoms with E-state index < -0.39 is 0 Å². The fourth-order valence-electron chi connectivity index (χ4n) is 1.92. The summed E-state index contributed by atoms with van der Waals surface area (Å²) in [6.45, 7) is 6.33. The summed E-state index contributed by atoms with van der Waals surface area (Å²) in [6, 6.07) is 0. The van der Waals surface area contributed by atoms with Gasteiger partial charge in [0.05, 0.1) is 0 Å². The average Bonchev–Trinajstić information content (AvgIpc) is 2.62. The SMILES string of the molecule is CC1C(C)C1B1OCCCO1. The second-order valence-electron chi connectivity index (χ2n) is 3.76. The molecule has 0 bridgehead atoms. The van der Waals surface area contributed by atoms with Gasteiger partial charge in [0.15, 0.2) is 0 Å². The predicted molar refractivity (Wildman–Crippen MR) is 44.4 cm³/mol. The molecule has 1 aliphatic carbocycles. The lowest BCUT2D eigenvalue weighted by atomic mass is 9.78. The molecule has 3 heteroatoms. The van der Waals surface area contributed by atoms with Gasteiger partial charge < -0.3 is 9.31 Å². The summed E-state index contributed by atoms with van der Waals surface area (Å²) < 4.78 is 11.0. The maximum Gasteiger partial charge on any atom is 0.460 e. The normalized spacial score (nSPS) is 44.2. The third-order valence-electron chi connectivity index (χ3n) is 3.07. The first kappa shape index (κ1) is 7.62. The van der Waals surface area contributed by atoms with E-state index in [4.69, 9.17) is 9.31 Å². The fourth-order valence-corrected chi connectivity index (χ4v) is 1.92. The quantitative estimate of drug-likeness (QED) is 0.533. The molecule has 1 aliphatic heterocycles. The second kappa shape index (κ2) is 2.79. The van der Waals surface area contributed by atoms with Gasteiger partial charge in [0.1, 0.15) is 0 Å². The van der Waals surface area contributed by atoms with Gasteiger partial charge in [-0.1, -0.05) is 13.8 Å². The van der Waals surface area contributed by atoms with Crippen molar-refractivity contribution in [1.82, 2.24) is 0 Å². The first-order valence-corrected chi connectivity index (χ1v) is 4.54. The molecular weight excluding hydrogens is 139 g/mol. The van der Waals surface area contributed by atoms with Crippen LogP contribution in [0.4, 0.5) is 0 Å². The van der Waals surface area contributed by atoms with Crippen molar-refractivity contribution in [2.24, 2.45) is 11.8 Å². The predicted octanol–water partition coefficient (Wildman–Crippen LogP) is 1.57. The van der Waals surface area contributed by atoms with Gasteiger partial charge in [-0.3, -0.25) is 0 Å². The minimum atomic E-state index is 0.119. The summed E-state index contributed by atoms with van der Waals surface area (Å²) in [7, 11) is 0.119. The molecule has 1 saturated heterocycles. The molecular formula is C8H15BO2. The highest BCUT2D eigenvalue weighted by molar-refractivity contribution is 6.48. The summed E-state index contributed by atoms with van der Waals surface area (Å²) in [6.07, 6.45) is 1.06. The van der Waals surface area contributed by atoms with Gasteiger partial charge >= 0.3 is 7.12 Å². The highest BCUT2D eigenvalue weighted by Crippen LogP contribution is 2.53. The van der Waals surface area contributed by atoms with Crippen molar-refractivity contribution in [2.45, 2.75) is 26.1 Å². The van der Waals surface area contributed by atoms with E-state index in [9.17, 15) is 0 Å². The molecule has 0 aromatic heterocycles. The van der Waals surface area contributed by atoms with Crippen molar-refractivity contribution in [3.05, 3.63) is 0 Å². The Bertz CT molecular complexity index is 137. The fraction of sp³-hybridized carbons (Fsp3) is 1.00. The van der Waals surface area contributed by atoms with Gasteiger partial charge in [-0.15, -0.1) is 0 Å². The van der Waals surface area contributed by atoms with Crippen molar-refractivity contribution >= 4 is 7.12 Å². The topological polar surface area (TPSA) is 18.5 Å². The molecule has 2 unspecified atom stereocenters. The Hall–Kier alpha value is -0.0151. The molecule has 0 spiro atoms. The summed E-state index contributed by atoms with van der Waals surface area (Å²) in [5.41, 5.74) is 0. The molecule has 0 aromatic rings. The molecule has 0 aromatic carbocycles. The molecule has 0 radical (unpaired) electrons. The zero-order chi connectivity index (χ0) is 7.84. The first-order chi connectivity index (χ1) is 5.30. The Balaban J connectivity index is 1.85. The van der Waals surface area contributed by atoms with Gasteiger partial charge in [0.2, 0.25) is 0 Å². The molecule has 0 amide bonds. The van der Waals surface area contributed by atoms with Crippen LogP contribution in [0.25, 0.3) is 0 Å². The van der Waals surface area contributed by atoms with Crippen LogP contribution in [0.3, 0.4) is 0 Å². The Morgan fingerprint density at radius 1 is 1.09 bits per heavy atom. The third kappa shape index (κ3) is 1.32. The largest absolute Gasteiger partial charge is 0.460 e.